The van der Waals surface area contributed by atoms with Gasteiger partial charge in [-0.3, -0.25) is 14.3 Å². The molecule has 4 rings (SSSR count). The number of carbonyl (C=O) groups is 2. The molecular formula is C33H37N5O5S. The average Bonchev–Trinajstić information content (AvgIpc) is 3.02. The Kier molecular flexibility index (Phi) is 10.1. The first-order valence-corrected chi connectivity index (χ1v) is 15.4. The number of hydrogen-bond donors (Lipinski definition) is 3. The minimum Gasteiger partial charge on any atom is -0.495 e. The lowest BCUT2D eigenvalue weighted by atomic mass is 10.0. The lowest BCUT2D eigenvalue weighted by Gasteiger charge is -2.15. The molecule has 0 unspecified atom stereocenters. The molecule has 0 bridgehead atoms. The molecule has 0 saturated heterocycles. The van der Waals surface area contributed by atoms with Crippen LogP contribution in [0.3, 0.4) is 0 Å². The number of amides is 2. The Balaban J connectivity index is 1.43. The van der Waals surface area contributed by atoms with Crippen molar-refractivity contribution in [3.05, 3.63) is 102 Å². The van der Waals surface area contributed by atoms with Crippen molar-refractivity contribution in [2.45, 2.75) is 4.90 Å². The van der Waals surface area contributed by atoms with Gasteiger partial charge in [0.15, 0.2) is 0 Å². The Morgan fingerprint density at radius 3 is 2.11 bits per heavy atom. The molecule has 0 atom stereocenters. The zero-order valence-corrected chi connectivity index (χ0v) is 26.2. The van der Waals surface area contributed by atoms with E-state index in [1.54, 1.807) is 74.8 Å². The summed E-state index contributed by atoms with van der Waals surface area (Å²) < 4.78 is 35.1. The van der Waals surface area contributed by atoms with Gasteiger partial charge in [-0.1, -0.05) is 24.3 Å². The second kappa shape index (κ2) is 14.0. The third-order valence-corrected chi connectivity index (χ3v) is 8.21. The van der Waals surface area contributed by atoms with Gasteiger partial charge >= 0.3 is 0 Å². The van der Waals surface area contributed by atoms with E-state index in [2.05, 4.69) is 15.4 Å². The molecule has 4 aromatic rings. The van der Waals surface area contributed by atoms with Crippen LogP contribution in [0.5, 0.6) is 5.75 Å². The number of benzene rings is 4. The van der Waals surface area contributed by atoms with E-state index in [-0.39, 0.29) is 22.5 Å². The van der Waals surface area contributed by atoms with Gasteiger partial charge in [-0.15, -0.1) is 0 Å². The number of methoxy groups -OCH3 is 1. The highest BCUT2D eigenvalue weighted by atomic mass is 32.2. The van der Waals surface area contributed by atoms with Gasteiger partial charge in [0.2, 0.25) is 0 Å². The molecule has 3 N–H and O–H groups in total. The summed E-state index contributed by atoms with van der Waals surface area (Å²) in [5.41, 5.74) is 4.41. The van der Waals surface area contributed by atoms with Crippen LogP contribution in [-0.2, 0) is 10.0 Å². The molecule has 0 fully saturated rings. The van der Waals surface area contributed by atoms with Crippen molar-refractivity contribution in [3.8, 4) is 16.9 Å². The molecule has 0 spiro atoms. The van der Waals surface area contributed by atoms with Crippen molar-refractivity contribution in [1.82, 2.24) is 10.2 Å². The van der Waals surface area contributed by atoms with Gasteiger partial charge in [-0.05, 0) is 77.9 Å². The van der Waals surface area contributed by atoms with Gasteiger partial charge in [0.05, 0.1) is 12.8 Å². The van der Waals surface area contributed by atoms with Gasteiger partial charge < -0.3 is 25.2 Å². The number of ether oxygens (including phenoxy) is 1. The van der Waals surface area contributed by atoms with E-state index in [4.69, 9.17) is 4.74 Å². The van der Waals surface area contributed by atoms with Crippen molar-refractivity contribution in [3.63, 3.8) is 0 Å². The Hall–Kier alpha value is -5.03. The van der Waals surface area contributed by atoms with Gasteiger partial charge in [-0.25, -0.2) is 8.42 Å². The molecule has 4 aromatic carbocycles. The fraction of sp³-hybridized carbons (Fsp3) is 0.212. The Morgan fingerprint density at radius 1 is 0.750 bits per heavy atom. The van der Waals surface area contributed by atoms with E-state index in [0.29, 0.717) is 46.7 Å². The smallest absolute Gasteiger partial charge is 0.265 e. The van der Waals surface area contributed by atoms with Crippen molar-refractivity contribution in [2.24, 2.45) is 0 Å². The van der Waals surface area contributed by atoms with E-state index >= 15 is 0 Å². The molecule has 0 radical (unpaired) electrons. The first-order chi connectivity index (χ1) is 21.0. The monoisotopic (exact) mass is 615 g/mol. The summed E-state index contributed by atoms with van der Waals surface area (Å²) in [5, 5.41) is 6.08. The predicted octanol–water partition coefficient (Wildman–Crippen LogP) is 4.77. The third-order valence-electron chi connectivity index (χ3n) is 6.80. The quantitative estimate of drug-likeness (QED) is 0.196. The maximum absolute atomic E-state index is 13.5. The van der Waals surface area contributed by atoms with Gasteiger partial charge in [-0.2, -0.15) is 0 Å². The topological polar surface area (TPSA) is 120 Å². The maximum atomic E-state index is 13.5. The van der Waals surface area contributed by atoms with Crippen LogP contribution in [-0.4, -0.2) is 73.5 Å². The first kappa shape index (κ1) is 31.9. The zero-order valence-electron chi connectivity index (χ0n) is 25.4. The summed E-state index contributed by atoms with van der Waals surface area (Å²) in [6, 6.07) is 26.1. The molecule has 11 heteroatoms. The normalized spacial score (nSPS) is 10.9. The molecule has 0 aliphatic carbocycles. The van der Waals surface area contributed by atoms with Crippen LogP contribution in [0.2, 0.25) is 0 Å². The molecule has 0 saturated carbocycles. The molecule has 0 aliphatic heterocycles. The van der Waals surface area contributed by atoms with Crippen molar-refractivity contribution < 1.29 is 22.7 Å². The highest BCUT2D eigenvalue weighted by Crippen LogP contribution is 2.32. The fourth-order valence-electron chi connectivity index (χ4n) is 4.45. The highest BCUT2D eigenvalue weighted by Gasteiger charge is 2.21. The average molecular weight is 616 g/mol. The van der Waals surface area contributed by atoms with Gasteiger partial charge in [0, 0.05) is 63.8 Å². The summed E-state index contributed by atoms with van der Waals surface area (Å²) in [4.78, 5) is 28.3. The molecular weight excluding hydrogens is 578 g/mol. The lowest BCUT2D eigenvalue weighted by molar-refractivity contribution is 0.0827. The summed E-state index contributed by atoms with van der Waals surface area (Å²) in [6.45, 7) is 0.804. The molecule has 0 heterocycles. The standard InChI is InChI=1S/C33H37N5O5S/c1-37(2)29-15-12-23(13-16-29)32(39)35-19-18-34-27-10-7-11-28(22-27)36-44(41,42)31-21-25(14-17-30(31)43-5)24-8-6-9-26(20-24)33(40)38(3)4/h6-17,20-22,34,36H,18-19H2,1-5H3,(H,35,39). The number of carbonyl (C=O) groups excluding carboxylic acids is 2. The van der Waals surface area contributed by atoms with Crippen molar-refractivity contribution in [2.75, 3.05) is 63.3 Å². The van der Waals surface area contributed by atoms with Crippen LogP contribution in [0.15, 0.2) is 95.9 Å². The number of anilines is 3. The molecule has 44 heavy (non-hydrogen) atoms. The van der Waals surface area contributed by atoms with E-state index in [1.807, 2.05) is 43.3 Å². The summed E-state index contributed by atoms with van der Waals surface area (Å²) in [7, 11) is 4.58. The van der Waals surface area contributed by atoms with Crippen LogP contribution in [0.4, 0.5) is 17.1 Å². The van der Waals surface area contributed by atoms with Crippen molar-refractivity contribution >= 4 is 38.9 Å². The van der Waals surface area contributed by atoms with Crippen LogP contribution in [0, 0.1) is 0 Å². The maximum Gasteiger partial charge on any atom is 0.265 e. The minimum absolute atomic E-state index is 0.0403. The van der Waals surface area contributed by atoms with Crippen LogP contribution < -0.4 is 25.0 Å². The molecule has 2 amide bonds. The molecule has 230 valence electrons. The highest BCUT2D eigenvalue weighted by molar-refractivity contribution is 7.92. The van der Waals surface area contributed by atoms with E-state index < -0.39 is 10.0 Å². The van der Waals surface area contributed by atoms with Gasteiger partial charge in [0.25, 0.3) is 21.8 Å². The van der Waals surface area contributed by atoms with Crippen LogP contribution >= 0.6 is 0 Å². The SMILES string of the molecule is COc1ccc(-c2cccc(C(=O)N(C)C)c2)cc1S(=O)(=O)Nc1cccc(NCCNC(=O)c2ccc(N(C)C)cc2)c1. The Bertz CT molecular complexity index is 1740. The third kappa shape index (κ3) is 7.87. The number of sulfonamides is 1. The van der Waals surface area contributed by atoms with Crippen LogP contribution in [0.1, 0.15) is 20.7 Å². The zero-order chi connectivity index (χ0) is 31.9. The fourth-order valence-corrected chi connectivity index (χ4v) is 5.70. The number of nitrogens with zero attached hydrogens (tertiary/aromatic N) is 2. The summed E-state index contributed by atoms with van der Waals surface area (Å²) in [5.74, 6) is -0.144. The number of hydrogen-bond acceptors (Lipinski definition) is 7. The lowest BCUT2D eigenvalue weighted by Crippen LogP contribution is -2.28. The molecule has 0 aromatic heterocycles. The first-order valence-electron chi connectivity index (χ1n) is 13.9. The summed E-state index contributed by atoms with van der Waals surface area (Å²) in [6.07, 6.45) is 0. The van der Waals surface area contributed by atoms with E-state index in [9.17, 15) is 18.0 Å². The van der Waals surface area contributed by atoms with Crippen molar-refractivity contribution in [1.29, 1.82) is 0 Å². The second-order valence-electron chi connectivity index (χ2n) is 10.5. The van der Waals surface area contributed by atoms with E-state index in [0.717, 1.165) is 5.69 Å². The van der Waals surface area contributed by atoms with Gasteiger partial charge in [0.1, 0.15) is 10.6 Å². The van der Waals surface area contributed by atoms with E-state index in [1.165, 1.54) is 18.1 Å². The number of rotatable bonds is 12. The predicted molar refractivity (Wildman–Crippen MR) is 175 cm³/mol. The van der Waals surface area contributed by atoms with Crippen LogP contribution in [0.25, 0.3) is 11.1 Å². The molecule has 10 nitrogen and oxygen atoms in total. The largest absolute Gasteiger partial charge is 0.495 e. The minimum atomic E-state index is -4.06. The molecule has 0 aliphatic rings. The number of nitrogens with one attached hydrogen (secondary N) is 3. The summed E-state index contributed by atoms with van der Waals surface area (Å²) >= 11 is 0. The Morgan fingerprint density at radius 2 is 1.43 bits per heavy atom. The second-order valence-corrected chi connectivity index (χ2v) is 12.1. The Labute approximate surface area is 258 Å².